The predicted octanol–water partition coefficient (Wildman–Crippen LogP) is 3.57. The topological polar surface area (TPSA) is 55.3 Å². The van der Waals surface area contributed by atoms with Gasteiger partial charge in [-0.15, -0.1) is 0 Å². The number of hydrogen-bond acceptors (Lipinski definition) is 3. The highest BCUT2D eigenvalue weighted by atomic mass is 15.4. The van der Waals surface area contributed by atoms with Gasteiger partial charge in [0.2, 0.25) is 0 Å². The van der Waals surface area contributed by atoms with Crippen LogP contribution in [-0.2, 0) is 6.42 Å². The lowest BCUT2D eigenvalue weighted by Crippen LogP contribution is -2.29. The lowest BCUT2D eigenvalue weighted by atomic mass is 9.77. The fourth-order valence-electron chi connectivity index (χ4n) is 3.59. The predicted molar refractivity (Wildman–Crippen MR) is 97.1 cm³/mol. The number of hydrazine groups is 1. The van der Waals surface area contributed by atoms with Crippen LogP contribution in [0, 0.1) is 5.92 Å². The Bertz CT molecular complexity index is 744. The van der Waals surface area contributed by atoms with Crippen molar-refractivity contribution in [3.05, 3.63) is 70.8 Å². The van der Waals surface area contributed by atoms with Crippen LogP contribution in [0.25, 0.3) is 11.4 Å². The first-order valence-electron chi connectivity index (χ1n) is 8.16. The Morgan fingerprint density at radius 2 is 1.61 bits per heavy atom. The average molecular weight is 307 g/mol. The number of rotatable bonds is 2. The van der Waals surface area contributed by atoms with E-state index in [0.29, 0.717) is 11.8 Å². The maximum atomic E-state index is 6.60. The second-order valence-electron chi connectivity index (χ2n) is 6.67. The molecule has 1 aliphatic rings. The molecule has 2 aromatic carbocycles. The lowest BCUT2D eigenvalue weighted by molar-refractivity contribution is 0.486. The van der Waals surface area contributed by atoms with Crippen LogP contribution in [0.1, 0.15) is 42.0 Å². The maximum Gasteiger partial charge on any atom is 0.0825 e. The van der Waals surface area contributed by atoms with Crippen molar-refractivity contribution in [3.8, 4) is 0 Å². The van der Waals surface area contributed by atoms with Gasteiger partial charge in [-0.05, 0) is 29.4 Å². The molecule has 0 bridgehead atoms. The molecule has 1 unspecified atom stereocenters. The molecule has 0 aromatic heterocycles. The summed E-state index contributed by atoms with van der Waals surface area (Å²) >= 11 is 0. The van der Waals surface area contributed by atoms with E-state index in [9.17, 15) is 0 Å². The molecular weight excluding hydrogens is 282 g/mol. The van der Waals surface area contributed by atoms with Gasteiger partial charge in [-0.3, -0.25) is 0 Å². The molecule has 0 heterocycles. The fraction of sp³-hybridized carbons (Fsp3) is 0.300. The van der Waals surface area contributed by atoms with E-state index in [1.807, 2.05) is 19.2 Å². The Balaban J connectivity index is 2.35. The molecule has 0 amide bonds. The normalized spacial score (nSPS) is 20.5. The number of benzene rings is 2. The highest BCUT2D eigenvalue weighted by Gasteiger charge is 2.26. The van der Waals surface area contributed by atoms with Crippen molar-refractivity contribution >= 4 is 11.4 Å². The fourth-order valence-corrected chi connectivity index (χ4v) is 3.59. The van der Waals surface area contributed by atoms with Crippen molar-refractivity contribution in [2.45, 2.75) is 26.2 Å². The van der Waals surface area contributed by atoms with Crippen LogP contribution in [0.4, 0.5) is 0 Å². The van der Waals surface area contributed by atoms with Crippen molar-refractivity contribution < 1.29 is 0 Å². The Hall–Kier alpha value is -2.26. The molecule has 0 spiro atoms. The monoisotopic (exact) mass is 307 g/mol. The summed E-state index contributed by atoms with van der Waals surface area (Å²) in [6.45, 7) is 4.56. The molecule has 3 heteroatoms. The second kappa shape index (κ2) is 6.09. The average Bonchev–Trinajstić information content (AvgIpc) is 2.52. The summed E-state index contributed by atoms with van der Waals surface area (Å²) in [4.78, 5) is 0. The van der Waals surface area contributed by atoms with Crippen molar-refractivity contribution in [2.24, 2.45) is 17.5 Å². The standard InChI is InChI=1S/C20H25N3/c1-13(2)18-12-14-8-4-5-9-15(14)20(23(3)22)19(21)17-11-7-6-10-16(17)18/h4-11,13,18H,12,21-22H2,1-3H3/b20-19-. The molecule has 1 atom stereocenters. The van der Waals surface area contributed by atoms with Gasteiger partial charge < -0.3 is 10.7 Å². The van der Waals surface area contributed by atoms with E-state index >= 15 is 0 Å². The summed E-state index contributed by atoms with van der Waals surface area (Å²) in [5.74, 6) is 7.12. The van der Waals surface area contributed by atoms with Crippen molar-refractivity contribution in [3.63, 3.8) is 0 Å². The van der Waals surface area contributed by atoms with Crippen LogP contribution in [0.3, 0.4) is 0 Å². The smallest absolute Gasteiger partial charge is 0.0825 e. The van der Waals surface area contributed by atoms with Gasteiger partial charge >= 0.3 is 0 Å². The molecule has 0 saturated carbocycles. The first-order chi connectivity index (χ1) is 11.0. The molecule has 0 fully saturated rings. The van der Waals surface area contributed by atoms with Crippen LogP contribution in [0.2, 0.25) is 0 Å². The summed E-state index contributed by atoms with van der Waals surface area (Å²) in [5.41, 5.74) is 13.1. The zero-order valence-corrected chi connectivity index (χ0v) is 14.1. The zero-order valence-electron chi connectivity index (χ0n) is 14.1. The Labute approximate surface area is 138 Å². The summed E-state index contributed by atoms with van der Waals surface area (Å²) in [6.07, 6.45) is 0.996. The van der Waals surface area contributed by atoms with E-state index < -0.39 is 0 Å². The Kier molecular flexibility index (Phi) is 4.14. The van der Waals surface area contributed by atoms with Gasteiger partial charge in [0.05, 0.1) is 11.4 Å². The molecule has 3 rings (SSSR count). The SMILES string of the molecule is CC(C)C1Cc2ccccc2/C(N(C)N)=C(/N)c2ccccc21. The summed E-state index contributed by atoms with van der Waals surface area (Å²) in [5, 5.41) is 1.64. The highest BCUT2D eigenvalue weighted by Crippen LogP contribution is 2.39. The van der Waals surface area contributed by atoms with Crippen LogP contribution >= 0.6 is 0 Å². The first kappa shape index (κ1) is 15.6. The van der Waals surface area contributed by atoms with E-state index in [0.717, 1.165) is 28.9 Å². The minimum absolute atomic E-state index is 0.440. The molecule has 1 aliphatic carbocycles. The van der Waals surface area contributed by atoms with E-state index in [1.165, 1.54) is 11.1 Å². The number of fused-ring (bicyclic) bond motifs is 2. The van der Waals surface area contributed by atoms with Gasteiger partial charge in [-0.1, -0.05) is 62.4 Å². The van der Waals surface area contributed by atoms with E-state index in [-0.39, 0.29) is 0 Å². The molecule has 23 heavy (non-hydrogen) atoms. The molecule has 2 aromatic rings. The van der Waals surface area contributed by atoms with Crippen LogP contribution < -0.4 is 11.6 Å². The highest BCUT2D eigenvalue weighted by molar-refractivity contribution is 5.90. The van der Waals surface area contributed by atoms with Gasteiger partial charge in [0.15, 0.2) is 0 Å². The van der Waals surface area contributed by atoms with Crippen molar-refractivity contribution in [1.29, 1.82) is 0 Å². The zero-order chi connectivity index (χ0) is 16.6. The third-order valence-corrected chi connectivity index (χ3v) is 4.78. The summed E-state index contributed by atoms with van der Waals surface area (Å²) in [6, 6.07) is 16.9. The van der Waals surface area contributed by atoms with E-state index in [1.54, 1.807) is 5.01 Å². The molecular formula is C20H25N3. The van der Waals surface area contributed by atoms with Gasteiger partial charge in [-0.2, -0.15) is 0 Å². The van der Waals surface area contributed by atoms with Crippen LogP contribution in [0.5, 0.6) is 0 Å². The minimum atomic E-state index is 0.440. The third-order valence-electron chi connectivity index (χ3n) is 4.78. The van der Waals surface area contributed by atoms with Crippen molar-refractivity contribution in [2.75, 3.05) is 7.05 Å². The number of hydrogen-bond donors (Lipinski definition) is 2. The number of nitrogens with zero attached hydrogens (tertiary/aromatic N) is 1. The van der Waals surface area contributed by atoms with Gasteiger partial charge in [-0.25, -0.2) is 5.84 Å². The van der Waals surface area contributed by atoms with Gasteiger partial charge in [0.25, 0.3) is 0 Å². The van der Waals surface area contributed by atoms with E-state index in [2.05, 4.69) is 50.2 Å². The number of nitrogens with two attached hydrogens (primary N) is 2. The second-order valence-corrected chi connectivity index (χ2v) is 6.67. The quantitative estimate of drug-likeness (QED) is 0.659. The molecule has 4 N–H and O–H groups in total. The summed E-state index contributed by atoms with van der Waals surface area (Å²) in [7, 11) is 1.85. The molecule has 0 aliphatic heterocycles. The lowest BCUT2D eigenvalue weighted by Gasteiger charge is -2.31. The Morgan fingerprint density at radius 1 is 1.00 bits per heavy atom. The molecule has 120 valence electrons. The molecule has 3 nitrogen and oxygen atoms in total. The molecule has 0 radical (unpaired) electrons. The van der Waals surface area contributed by atoms with Crippen LogP contribution in [-0.4, -0.2) is 12.1 Å². The first-order valence-corrected chi connectivity index (χ1v) is 8.16. The largest absolute Gasteiger partial charge is 0.396 e. The van der Waals surface area contributed by atoms with Crippen molar-refractivity contribution in [1.82, 2.24) is 5.01 Å². The van der Waals surface area contributed by atoms with Gasteiger partial charge in [0.1, 0.15) is 0 Å². The van der Waals surface area contributed by atoms with Crippen LogP contribution in [0.15, 0.2) is 48.5 Å². The summed E-state index contributed by atoms with van der Waals surface area (Å²) < 4.78 is 0. The Morgan fingerprint density at radius 3 is 2.26 bits per heavy atom. The van der Waals surface area contributed by atoms with Gasteiger partial charge in [0, 0.05) is 18.2 Å². The third kappa shape index (κ3) is 2.73. The maximum absolute atomic E-state index is 6.60. The molecule has 0 saturated heterocycles. The minimum Gasteiger partial charge on any atom is -0.396 e. The van der Waals surface area contributed by atoms with E-state index in [4.69, 9.17) is 11.6 Å².